The first-order chi connectivity index (χ1) is 13.5. The van der Waals surface area contributed by atoms with Gasteiger partial charge < -0.3 is 14.6 Å². The van der Waals surface area contributed by atoms with E-state index in [4.69, 9.17) is 9.72 Å². The SMILES string of the molecule is CC(C)Oc1ccccc1/C=C1\CCCc2c1nc1ccccc1c2C(=O)[O-]. The predicted octanol–water partition coefficient (Wildman–Crippen LogP) is 4.26. The van der Waals surface area contributed by atoms with Gasteiger partial charge in [-0.1, -0.05) is 36.4 Å². The average Bonchev–Trinajstić information content (AvgIpc) is 2.67. The summed E-state index contributed by atoms with van der Waals surface area (Å²) < 4.78 is 5.94. The Morgan fingerprint density at radius 2 is 1.86 bits per heavy atom. The van der Waals surface area contributed by atoms with Crippen molar-refractivity contribution >= 4 is 28.5 Å². The second kappa shape index (κ2) is 7.47. The second-order valence-electron chi connectivity index (χ2n) is 7.35. The summed E-state index contributed by atoms with van der Waals surface area (Å²) in [5.41, 5.74) is 4.51. The van der Waals surface area contributed by atoms with Gasteiger partial charge in [-0.15, -0.1) is 0 Å². The van der Waals surface area contributed by atoms with Gasteiger partial charge in [0, 0.05) is 16.5 Å². The van der Waals surface area contributed by atoms with Crippen molar-refractivity contribution in [3.8, 4) is 5.75 Å². The number of aromatic carboxylic acids is 1. The minimum Gasteiger partial charge on any atom is -0.545 e. The van der Waals surface area contributed by atoms with Crippen LogP contribution in [0.1, 0.15) is 53.9 Å². The minimum absolute atomic E-state index is 0.0740. The number of ether oxygens (including phenoxy) is 1. The monoisotopic (exact) mass is 372 g/mol. The van der Waals surface area contributed by atoms with E-state index < -0.39 is 5.97 Å². The Balaban J connectivity index is 1.91. The highest BCUT2D eigenvalue weighted by atomic mass is 16.5. The maximum absolute atomic E-state index is 11.9. The zero-order chi connectivity index (χ0) is 19.7. The number of benzene rings is 2. The van der Waals surface area contributed by atoms with E-state index in [2.05, 4.69) is 6.08 Å². The first kappa shape index (κ1) is 18.2. The number of carbonyl (C=O) groups is 1. The number of para-hydroxylation sites is 2. The highest BCUT2D eigenvalue weighted by Crippen LogP contribution is 2.37. The fourth-order valence-electron chi connectivity index (χ4n) is 3.86. The van der Waals surface area contributed by atoms with Crippen LogP contribution in [0.25, 0.3) is 22.6 Å². The molecule has 0 saturated heterocycles. The van der Waals surface area contributed by atoms with Crippen LogP contribution in [0, 0.1) is 0 Å². The number of hydrogen-bond acceptors (Lipinski definition) is 4. The molecule has 1 aliphatic carbocycles. The number of nitrogens with zero attached hydrogens (tertiary/aromatic N) is 1. The van der Waals surface area contributed by atoms with Crippen LogP contribution in [-0.4, -0.2) is 17.1 Å². The van der Waals surface area contributed by atoms with Crippen molar-refractivity contribution in [2.75, 3.05) is 0 Å². The smallest absolute Gasteiger partial charge is 0.126 e. The molecule has 0 unspecified atom stereocenters. The van der Waals surface area contributed by atoms with Crippen molar-refractivity contribution in [3.05, 3.63) is 70.9 Å². The lowest BCUT2D eigenvalue weighted by Crippen LogP contribution is -2.26. The van der Waals surface area contributed by atoms with Crippen molar-refractivity contribution in [1.29, 1.82) is 0 Å². The summed E-state index contributed by atoms with van der Waals surface area (Å²) in [6.07, 6.45) is 4.58. The van der Waals surface area contributed by atoms with E-state index in [0.717, 1.165) is 41.0 Å². The molecule has 1 heterocycles. The Labute approximate surface area is 164 Å². The van der Waals surface area contributed by atoms with E-state index in [1.807, 2.05) is 56.3 Å². The lowest BCUT2D eigenvalue weighted by Gasteiger charge is -2.24. The predicted molar refractivity (Wildman–Crippen MR) is 109 cm³/mol. The molecule has 28 heavy (non-hydrogen) atoms. The number of hydrogen-bond donors (Lipinski definition) is 0. The third kappa shape index (κ3) is 3.38. The van der Waals surface area contributed by atoms with Gasteiger partial charge in [-0.3, -0.25) is 0 Å². The standard InChI is InChI=1S/C24H23NO3/c1-15(2)28-21-13-6-3-8-16(21)14-17-9-7-11-19-22(24(26)27)18-10-4-5-12-20(18)25-23(17)19/h3-6,8,10,12-15H,7,9,11H2,1-2H3,(H,26,27)/p-1/b17-14+. The molecule has 1 aromatic heterocycles. The number of carbonyl (C=O) groups excluding carboxylic acids is 1. The van der Waals surface area contributed by atoms with Crippen LogP contribution in [0.3, 0.4) is 0 Å². The maximum Gasteiger partial charge on any atom is 0.126 e. The molecule has 4 nitrogen and oxygen atoms in total. The number of aromatic nitrogens is 1. The van der Waals surface area contributed by atoms with Gasteiger partial charge in [0.2, 0.25) is 0 Å². The zero-order valence-corrected chi connectivity index (χ0v) is 16.1. The summed E-state index contributed by atoms with van der Waals surface area (Å²) in [7, 11) is 0. The summed E-state index contributed by atoms with van der Waals surface area (Å²) >= 11 is 0. The van der Waals surface area contributed by atoms with Gasteiger partial charge in [0.15, 0.2) is 0 Å². The van der Waals surface area contributed by atoms with Crippen molar-refractivity contribution in [1.82, 2.24) is 4.98 Å². The topological polar surface area (TPSA) is 62.2 Å². The molecule has 0 fully saturated rings. The average molecular weight is 372 g/mol. The molecule has 0 saturated carbocycles. The quantitative estimate of drug-likeness (QED) is 0.686. The highest BCUT2D eigenvalue weighted by molar-refractivity contribution is 6.05. The molecular formula is C24H22NO3-. The molecule has 0 aliphatic heterocycles. The van der Waals surface area contributed by atoms with Crippen molar-refractivity contribution in [2.45, 2.75) is 39.2 Å². The third-order valence-corrected chi connectivity index (χ3v) is 4.99. The zero-order valence-electron chi connectivity index (χ0n) is 16.1. The van der Waals surface area contributed by atoms with E-state index in [0.29, 0.717) is 17.3 Å². The van der Waals surface area contributed by atoms with E-state index in [1.165, 1.54) is 0 Å². The second-order valence-corrected chi connectivity index (χ2v) is 7.35. The molecule has 4 heteroatoms. The van der Waals surface area contributed by atoms with Crippen LogP contribution in [0.5, 0.6) is 5.75 Å². The van der Waals surface area contributed by atoms with E-state index in [-0.39, 0.29) is 11.7 Å². The highest BCUT2D eigenvalue weighted by Gasteiger charge is 2.22. The fraction of sp³-hybridized carbons (Fsp3) is 0.250. The summed E-state index contributed by atoms with van der Waals surface area (Å²) in [5.74, 6) is -0.322. The minimum atomic E-state index is -1.14. The number of allylic oxidation sites excluding steroid dienone is 1. The molecule has 0 bridgehead atoms. The van der Waals surface area contributed by atoms with Gasteiger partial charge in [-0.25, -0.2) is 4.98 Å². The van der Waals surface area contributed by atoms with Gasteiger partial charge in [0.25, 0.3) is 0 Å². The molecular weight excluding hydrogens is 350 g/mol. The van der Waals surface area contributed by atoms with Crippen LogP contribution in [-0.2, 0) is 6.42 Å². The molecule has 3 aromatic rings. The Morgan fingerprint density at radius 1 is 1.11 bits per heavy atom. The Hall–Kier alpha value is -3.14. The van der Waals surface area contributed by atoms with E-state index in [1.54, 1.807) is 6.07 Å². The van der Waals surface area contributed by atoms with Gasteiger partial charge in [-0.2, -0.15) is 0 Å². The largest absolute Gasteiger partial charge is 0.545 e. The van der Waals surface area contributed by atoms with Crippen molar-refractivity contribution in [3.63, 3.8) is 0 Å². The summed E-state index contributed by atoms with van der Waals surface area (Å²) in [6, 6.07) is 15.3. The van der Waals surface area contributed by atoms with Crippen molar-refractivity contribution < 1.29 is 14.6 Å². The number of rotatable bonds is 4. The summed E-state index contributed by atoms with van der Waals surface area (Å²) in [6.45, 7) is 4.00. The van der Waals surface area contributed by atoms with Crippen LogP contribution in [0.2, 0.25) is 0 Å². The molecule has 0 radical (unpaired) electrons. The Bertz CT molecular complexity index is 1080. The van der Waals surface area contributed by atoms with Crippen LogP contribution >= 0.6 is 0 Å². The fourth-order valence-corrected chi connectivity index (χ4v) is 3.86. The van der Waals surface area contributed by atoms with Gasteiger partial charge >= 0.3 is 0 Å². The lowest BCUT2D eigenvalue weighted by atomic mass is 9.86. The van der Waals surface area contributed by atoms with Crippen molar-refractivity contribution in [2.24, 2.45) is 0 Å². The number of carboxylic acids is 1. The summed E-state index contributed by atoms with van der Waals surface area (Å²) in [4.78, 5) is 16.8. The molecule has 0 N–H and O–H groups in total. The first-order valence-electron chi connectivity index (χ1n) is 9.64. The first-order valence-corrected chi connectivity index (χ1v) is 9.64. The third-order valence-electron chi connectivity index (χ3n) is 4.99. The lowest BCUT2D eigenvalue weighted by molar-refractivity contribution is -0.254. The Morgan fingerprint density at radius 3 is 2.64 bits per heavy atom. The molecule has 1 aliphatic rings. The molecule has 0 amide bonds. The van der Waals surface area contributed by atoms with E-state index >= 15 is 0 Å². The van der Waals surface area contributed by atoms with Gasteiger partial charge in [0.05, 0.1) is 23.3 Å². The molecule has 2 aromatic carbocycles. The number of fused-ring (bicyclic) bond motifs is 2. The van der Waals surface area contributed by atoms with E-state index in [9.17, 15) is 9.90 Å². The van der Waals surface area contributed by atoms with Crippen LogP contribution in [0.4, 0.5) is 0 Å². The molecule has 0 spiro atoms. The normalized spacial score (nSPS) is 15.0. The summed E-state index contributed by atoms with van der Waals surface area (Å²) in [5, 5.41) is 12.6. The van der Waals surface area contributed by atoms with Gasteiger partial charge in [0.1, 0.15) is 5.75 Å². The van der Waals surface area contributed by atoms with Gasteiger partial charge in [-0.05, 0) is 62.5 Å². The number of pyridine rings is 1. The molecule has 142 valence electrons. The van der Waals surface area contributed by atoms with Crippen LogP contribution in [0.15, 0.2) is 48.5 Å². The Kier molecular flexibility index (Phi) is 4.86. The number of carboxylic acid groups (broad SMARTS) is 1. The molecule has 4 rings (SSSR count). The maximum atomic E-state index is 11.9. The van der Waals surface area contributed by atoms with Crippen LogP contribution < -0.4 is 9.84 Å². The molecule has 0 atom stereocenters.